The monoisotopic (exact) mass is 401 g/mol. The quantitative estimate of drug-likeness (QED) is 0.804. The Balaban J connectivity index is 1.22. The molecule has 28 heavy (non-hydrogen) atoms. The van der Waals surface area contributed by atoms with Crippen LogP contribution in [0.15, 0.2) is 34.9 Å². The topological polar surface area (TPSA) is 75.4 Å². The molecular formula is C21H24ClN3O3. The van der Waals surface area contributed by atoms with E-state index in [1.165, 1.54) is 0 Å². The van der Waals surface area contributed by atoms with Gasteiger partial charge < -0.3 is 14.6 Å². The molecule has 1 aromatic heterocycles. The van der Waals surface area contributed by atoms with Gasteiger partial charge in [0.15, 0.2) is 11.7 Å². The number of halogens is 1. The van der Waals surface area contributed by atoms with Crippen molar-refractivity contribution in [1.29, 1.82) is 0 Å². The van der Waals surface area contributed by atoms with Gasteiger partial charge in [-0.2, -0.15) is 0 Å². The first-order valence-electron chi connectivity index (χ1n) is 9.87. The molecule has 148 valence electrons. The van der Waals surface area contributed by atoms with Crippen LogP contribution in [0.25, 0.3) is 11.3 Å². The van der Waals surface area contributed by atoms with Gasteiger partial charge in [-0.25, -0.2) is 4.98 Å². The molecule has 1 N–H and O–H groups in total. The largest absolute Gasteiger partial charge is 0.441 e. The van der Waals surface area contributed by atoms with Gasteiger partial charge in [0, 0.05) is 48.5 Å². The Labute approximate surface area is 169 Å². The van der Waals surface area contributed by atoms with E-state index in [2.05, 4.69) is 10.3 Å². The van der Waals surface area contributed by atoms with Gasteiger partial charge in [-0.1, -0.05) is 11.6 Å². The SMILES string of the molecule is O=C(NC1CCN(C(=O)CCc2ncc(-c3ccc(Cl)cc3)o2)CC1)C1CC1. The van der Waals surface area contributed by atoms with Gasteiger partial charge in [0.2, 0.25) is 11.8 Å². The second-order valence-electron chi connectivity index (χ2n) is 7.56. The van der Waals surface area contributed by atoms with E-state index in [9.17, 15) is 9.59 Å². The Morgan fingerprint density at radius 1 is 1.14 bits per heavy atom. The predicted octanol–water partition coefficient (Wildman–Crippen LogP) is 3.44. The number of aromatic nitrogens is 1. The molecule has 7 heteroatoms. The second-order valence-corrected chi connectivity index (χ2v) is 8.00. The van der Waals surface area contributed by atoms with Crippen LogP contribution < -0.4 is 5.32 Å². The van der Waals surface area contributed by atoms with Gasteiger partial charge in [0.25, 0.3) is 0 Å². The minimum absolute atomic E-state index is 0.109. The van der Waals surface area contributed by atoms with Crippen LogP contribution in [-0.2, 0) is 16.0 Å². The Morgan fingerprint density at radius 3 is 2.54 bits per heavy atom. The van der Waals surface area contributed by atoms with Crippen LogP contribution in [0, 0.1) is 5.92 Å². The van der Waals surface area contributed by atoms with Crippen LogP contribution in [0.2, 0.25) is 5.02 Å². The van der Waals surface area contributed by atoms with E-state index in [4.69, 9.17) is 16.0 Å². The summed E-state index contributed by atoms with van der Waals surface area (Å²) >= 11 is 5.90. The average Bonchev–Trinajstić information content (AvgIpc) is 3.46. The number of nitrogens with one attached hydrogen (secondary N) is 1. The lowest BCUT2D eigenvalue weighted by Gasteiger charge is -2.32. The van der Waals surface area contributed by atoms with E-state index >= 15 is 0 Å². The number of carbonyl (C=O) groups excluding carboxylic acids is 2. The highest BCUT2D eigenvalue weighted by atomic mass is 35.5. The number of benzene rings is 1. The highest BCUT2D eigenvalue weighted by Crippen LogP contribution is 2.29. The summed E-state index contributed by atoms with van der Waals surface area (Å²) in [6.07, 6.45) is 6.21. The normalized spacial score (nSPS) is 17.5. The number of carbonyl (C=O) groups is 2. The number of likely N-dealkylation sites (tertiary alicyclic amines) is 1. The second kappa shape index (κ2) is 8.35. The first-order valence-corrected chi connectivity index (χ1v) is 10.2. The molecule has 2 heterocycles. The van der Waals surface area contributed by atoms with Gasteiger partial charge in [-0.15, -0.1) is 0 Å². The van der Waals surface area contributed by atoms with Gasteiger partial charge in [-0.3, -0.25) is 9.59 Å². The maximum Gasteiger partial charge on any atom is 0.223 e. The van der Waals surface area contributed by atoms with E-state index in [-0.39, 0.29) is 23.8 Å². The fraction of sp³-hybridized carbons (Fsp3) is 0.476. The van der Waals surface area contributed by atoms with Crippen molar-refractivity contribution in [2.75, 3.05) is 13.1 Å². The minimum atomic E-state index is 0.109. The van der Waals surface area contributed by atoms with Gasteiger partial charge >= 0.3 is 0 Å². The smallest absolute Gasteiger partial charge is 0.223 e. The molecule has 2 fully saturated rings. The fourth-order valence-corrected chi connectivity index (χ4v) is 3.61. The minimum Gasteiger partial charge on any atom is -0.441 e. The summed E-state index contributed by atoms with van der Waals surface area (Å²) in [7, 11) is 0. The van der Waals surface area contributed by atoms with E-state index in [0.29, 0.717) is 42.6 Å². The molecule has 0 bridgehead atoms. The van der Waals surface area contributed by atoms with E-state index in [1.54, 1.807) is 18.3 Å². The zero-order valence-electron chi connectivity index (χ0n) is 15.7. The number of hydrogen-bond acceptors (Lipinski definition) is 4. The Morgan fingerprint density at radius 2 is 1.86 bits per heavy atom. The molecule has 0 atom stereocenters. The van der Waals surface area contributed by atoms with Crippen molar-refractivity contribution < 1.29 is 14.0 Å². The van der Waals surface area contributed by atoms with Crippen molar-refractivity contribution in [1.82, 2.24) is 15.2 Å². The van der Waals surface area contributed by atoms with Gasteiger partial charge in [0.1, 0.15) is 0 Å². The maximum absolute atomic E-state index is 12.5. The first kappa shape index (κ1) is 19.0. The molecule has 1 aliphatic carbocycles. The number of amides is 2. The number of piperidine rings is 1. The highest BCUT2D eigenvalue weighted by Gasteiger charge is 2.32. The van der Waals surface area contributed by atoms with E-state index in [0.717, 1.165) is 31.2 Å². The standard InChI is InChI=1S/C21H24ClN3O3/c22-16-5-3-14(4-6-16)18-13-23-19(28-18)7-8-20(26)25-11-9-17(10-12-25)24-21(27)15-1-2-15/h3-6,13,15,17H,1-2,7-12H2,(H,24,27). The summed E-state index contributed by atoms with van der Waals surface area (Å²) in [5, 5.41) is 3.78. The average molecular weight is 402 g/mol. The molecule has 2 aliphatic rings. The molecule has 2 amide bonds. The number of hydrogen-bond donors (Lipinski definition) is 1. The van der Waals surface area contributed by atoms with Crippen molar-refractivity contribution in [3.63, 3.8) is 0 Å². The van der Waals surface area contributed by atoms with Crippen molar-refractivity contribution in [2.24, 2.45) is 5.92 Å². The molecule has 1 saturated heterocycles. The number of rotatable bonds is 6. The molecular weight excluding hydrogens is 378 g/mol. The zero-order valence-corrected chi connectivity index (χ0v) is 16.5. The number of aryl methyl sites for hydroxylation is 1. The van der Waals surface area contributed by atoms with Crippen LogP contribution in [0.1, 0.15) is 38.0 Å². The Kier molecular flexibility index (Phi) is 5.67. The van der Waals surface area contributed by atoms with Crippen LogP contribution in [0.3, 0.4) is 0 Å². The fourth-order valence-electron chi connectivity index (χ4n) is 3.48. The van der Waals surface area contributed by atoms with E-state index in [1.807, 2.05) is 17.0 Å². The third-order valence-corrected chi connectivity index (χ3v) is 5.63. The maximum atomic E-state index is 12.5. The third kappa shape index (κ3) is 4.73. The first-order chi connectivity index (χ1) is 13.6. The molecule has 2 aromatic rings. The van der Waals surface area contributed by atoms with Crippen LogP contribution in [0.4, 0.5) is 0 Å². The molecule has 0 radical (unpaired) electrons. The van der Waals surface area contributed by atoms with Crippen molar-refractivity contribution in [2.45, 2.75) is 44.6 Å². The third-order valence-electron chi connectivity index (χ3n) is 5.38. The number of nitrogens with zero attached hydrogens (tertiary/aromatic N) is 2. The molecule has 1 aliphatic heterocycles. The zero-order chi connectivity index (χ0) is 19.5. The summed E-state index contributed by atoms with van der Waals surface area (Å²) in [4.78, 5) is 30.5. The lowest BCUT2D eigenvalue weighted by molar-refractivity contribution is -0.132. The summed E-state index contributed by atoms with van der Waals surface area (Å²) in [6, 6.07) is 7.57. The van der Waals surface area contributed by atoms with Crippen molar-refractivity contribution in [3.8, 4) is 11.3 Å². The molecule has 4 rings (SSSR count). The lowest BCUT2D eigenvalue weighted by atomic mass is 10.0. The van der Waals surface area contributed by atoms with Crippen LogP contribution in [-0.4, -0.2) is 40.8 Å². The molecule has 1 saturated carbocycles. The van der Waals surface area contributed by atoms with E-state index < -0.39 is 0 Å². The number of oxazole rings is 1. The van der Waals surface area contributed by atoms with Gasteiger partial charge in [-0.05, 0) is 49.9 Å². The summed E-state index contributed by atoms with van der Waals surface area (Å²) in [6.45, 7) is 1.38. The summed E-state index contributed by atoms with van der Waals surface area (Å²) in [5.41, 5.74) is 0.907. The van der Waals surface area contributed by atoms with Crippen molar-refractivity contribution in [3.05, 3.63) is 41.4 Å². The lowest BCUT2D eigenvalue weighted by Crippen LogP contribution is -2.47. The molecule has 0 spiro atoms. The Hall–Kier alpha value is -2.34. The highest BCUT2D eigenvalue weighted by molar-refractivity contribution is 6.30. The Bertz CT molecular complexity index is 837. The van der Waals surface area contributed by atoms with Crippen LogP contribution in [0.5, 0.6) is 0 Å². The molecule has 1 aromatic carbocycles. The summed E-state index contributed by atoms with van der Waals surface area (Å²) in [5.74, 6) is 1.76. The van der Waals surface area contributed by atoms with Crippen molar-refractivity contribution >= 4 is 23.4 Å². The molecule has 0 unspecified atom stereocenters. The predicted molar refractivity (Wildman–Crippen MR) is 106 cm³/mol. The summed E-state index contributed by atoms with van der Waals surface area (Å²) < 4.78 is 5.76. The van der Waals surface area contributed by atoms with Crippen LogP contribution >= 0.6 is 11.6 Å². The van der Waals surface area contributed by atoms with Gasteiger partial charge in [0.05, 0.1) is 6.20 Å². The molecule has 6 nitrogen and oxygen atoms in total.